The highest BCUT2D eigenvalue weighted by atomic mass is 16.3. The van der Waals surface area contributed by atoms with E-state index in [1.54, 1.807) is 0 Å². The third-order valence-corrected chi connectivity index (χ3v) is 4.38. The molecule has 3 rings (SSSR count). The fourth-order valence-electron chi connectivity index (χ4n) is 3.37. The number of aliphatic hydroxyl groups is 1. The van der Waals surface area contributed by atoms with Crippen LogP contribution in [-0.4, -0.2) is 11.0 Å². The SMILES string of the molecule is O=C1Nc2ccccc2C1(O)C1CCCCCC1. The summed E-state index contributed by atoms with van der Waals surface area (Å²) in [7, 11) is 0. The van der Waals surface area contributed by atoms with Crippen molar-refractivity contribution in [3.8, 4) is 0 Å². The van der Waals surface area contributed by atoms with Gasteiger partial charge in [0.2, 0.25) is 0 Å². The molecule has 3 nitrogen and oxygen atoms in total. The number of nitrogens with one attached hydrogen (secondary N) is 1. The van der Waals surface area contributed by atoms with Crippen molar-refractivity contribution in [2.75, 3.05) is 5.32 Å². The Morgan fingerprint density at radius 2 is 1.78 bits per heavy atom. The van der Waals surface area contributed by atoms with E-state index in [4.69, 9.17) is 0 Å². The Labute approximate surface area is 107 Å². The minimum atomic E-state index is -1.30. The van der Waals surface area contributed by atoms with Gasteiger partial charge in [-0.05, 0) is 18.9 Å². The first-order chi connectivity index (χ1) is 8.73. The van der Waals surface area contributed by atoms with Gasteiger partial charge in [0.25, 0.3) is 5.91 Å². The Kier molecular flexibility index (Phi) is 2.86. The molecule has 1 aliphatic carbocycles. The Balaban J connectivity index is 2.00. The lowest BCUT2D eigenvalue weighted by atomic mass is 9.78. The first kappa shape index (κ1) is 11.7. The van der Waals surface area contributed by atoms with Crippen LogP contribution in [0, 0.1) is 5.92 Å². The summed E-state index contributed by atoms with van der Waals surface area (Å²) < 4.78 is 0. The van der Waals surface area contributed by atoms with E-state index in [1.807, 2.05) is 24.3 Å². The standard InChI is InChI=1S/C15H19NO2/c17-14-15(18,11-7-3-1-2-4-8-11)12-9-5-6-10-13(12)16-14/h5-6,9-11,18H,1-4,7-8H2,(H,16,17). The second kappa shape index (κ2) is 4.39. The molecule has 0 bridgehead atoms. The van der Waals surface area contributed by atoms with Crippen LogP contribution in [0.5, 0.6) is 0 Å². The summed E-state index contributed by atoms with van der Waals surface area (Å²) in [5.74, 6) is -0.181. The van der Waals surface area contributed by atoms with Gasteiger partial charge < -0.3 is 10.4 Å². The number of fused-ring (bicyclic) bond motifs is 1. The number of carbonyl (C=O) groups excluding carboxylic acids is 1. The normalized spacial score (nSPS) is 28.6. The lowest BCUT2D eigenvalue weighted by Gasteiger charge is -2.30. The molecule has 0 aromatic heterocycles. The zero-order chi connectivity index (χ0) is 12.6. The van der Waals surface area contributed by atoms with Crippen molar-refractivity contribution in [1.29, 1.82) is 0 Å². The summed E-state index contributed by atoms with van der Waals surface area (Å²) in [5.41, 5.74) is 0.233. The highest BCUT2D eigenvalue weighted by Gasteiger charge is 2.50. The molecule has 1 atom stereocenters. The van der Waals surface area contributed by atoms with E-state index in [0.29, 0.717) is 0 Å². The van der Waals surface area contributed by atoms with Crippen LogP contribution >= 0.6 is 0 Å². The average Bonchev–Trinajstić information content (AvgIpc) is 2.61. The number of para-hydroxylation sites is 1. The molecule has 1 amide bonds. The maximum absolute atomic E-state index is 12.2. The van der Waals surface area contributed by atoms with E-state index in [0.717, 1.165) is 36.9 Å². The molecule has 1 aliphatic heterocycles. The van der Waals surface area contributed by atoms with Gasteiger partial charge in [0.05, 0.1) is 0 Å². The van der Waals surface area contributed by atoms with Crippen molar-refractivity contribution in [1.82, 2.24) is 0 Å². The topological polar surface area (TPSA) is 49.3 Å². The Morgan fingerprint density at radius 1 is 1.11 bits per heavy atom. The van der Waals surface area contributed by atoms with Crippen molar-refractivity contribution in [2.24, 2.45) is 5.92 Å². The molecule has 1 saturated carbocycles. The molecule has 2 aliphatic rings. The van der Waals surface area contributed by atoms with E-state index in [9.17, 15) is 9.90 Å². The monoisotopic (exact) mass is 245 g/mol. The van der Waals surface area contributed by atoms with Crippen LogP contribution in [0.3, 0.4) is 0 Å². The molecule has 18 heavy (non-hydrogen) atoms. The minimum Gasteiger partial charge on any atom is -0.375 e. The van der Waals surface area contributed by atoms with Crippen LogP contribution in [-0.2, 0) is 10.4 Å². The molecule has 0 spiro atoms. The second-order valence-electron chi connectivity index (χ2n) is 5.45. The second-order valence-corrected chi connectivity index (χ2v) is 5.45. The van der Waals surface area contributed by atoms with Crippen molar-refractivity contribution in [3.05, 3.63) is 29.8 Å². The van der Waals surface area contributed by atoms with Gasteiger partial charge in [0, 0.05) is 17.2 Å². The number of hydrogen-bond acceptors (Lipinski definition) is 2. The van der Waals surface area contributed by atoms with Gasteiger partial charge >= 0.3 is 0 Å². The van der Waals surface area contributed by atoms with Crippen molar-refractivity contribution in [3.63, 3.8) is 0 Å². The molecule has 0 radical (unpaired) electrons. The summed E-state index contributed by atoms with van der Waals surface area (Å²) in [6.07, 6.45) is 6.55. The average molecular weight is 245 g/mol. The lowest BCUT2D eigenvalue weighted by Crippen LogP contribution is -2.41. The van der Waals surface area contributed by atoms with Crippen LogP contribution in [0.15, 0.2) is 24.3 Å². The van der Waals surface area contributed by atoms with E-state index in [2.05, 4.69) is 5.32 Å². The lowest BCUT2D eigenvalue weighted by molar-refractivity contribution is -0.140. The number of rotatable bonds is 1. The maximum atomic E-state index is 12.2. The van der Waals surface area contributed by atoms with Crippen LogP contribution in [0.4, 0.5) is 5.69 Å². The Morgan fingerprint density at radius 3 is 2.50 bits per heavy atom. The third-order valence-electron chi connectivity index (χ3n) is 4.38. The summed E-state index contributed by atoms with van der Waals surface area (Å²) in [5, 5.41) is 13.8. The van der Waals surface area contributed by atoms with Crippen LogP contribution < -0.4 is 5.32 Å². The van der Waals surface area contributed by atoms with Gasteiger partial charge in [0.15, 0.2) is 5.60 Å². The summed E-state index contributed by atoms with van der Waals surface area (Å²) in [6.45, 7) is 0. The van der Waals surface area contributed by atoms with E-state index >= 15 is 0 Å². The molecule has 1 heterocycles. The molecule has 3 heteroatoms. The van der Waals surface area contributed by atoms with Gasteiger partial charge in [-0.3, -0.25) is 4.79 Å². The van der Waals surface area contributed by atoms with E-state index in [-0.39, 0.29) is 11.8 Å². The number of anilines is 1. The van der Waals surface area contributed by atoms with Gasteiger partial charge in [-0.2, -0.15) is 0 Å². The Hall–Kier alpha value is -1.35. The largest absolute Gasteiger partial charge is 0.375 e. The molecular weight excluding hydrogens is 226 g/mol. The minimum absolute atomic E-state index is 0.0589. The smallest absolute Gasteiger partial charge is 0.261 e. The molecule has 1 fully saturated rings. The fraction of sp³-hybridized carbons (Fsp3) is 0.533. The zero-order valence-electron chi connectivity index (χ0n) is 10.5. The van der Waals surface area contributed by atoms with Crippen LogP contribution in [0.2, 0.25) is 0 Å². The maximum Gasteiger partial charge on any atom is 0.261 e. The molecular formula is C15H19NO2. The van der Waals surface area contributed by atoms with E-state index in [1.165, 1.54) is 12.8 Å². The molecule has 1 aromatic carbocycles. The quantitative estimate of drug-likeness (QED) is 0.747. The van der Waals surface area contributed by atoms with Crippen molar-refractivity contribution in [2.45, 2.75) is 44.1 Å². The highest BCUT2D eigenvalue weighted by Crippen LogP contribution is 2.45. The van der Waals surface area contributed by atoms with Crippen LogP contribution in [0.25, 0.3) is 0 Å². The number of benzene rings is 1. The van der Waals surface area contributed by atoms with E-state index < -0.39 is 5.60 Å². The first-order valence-electron chi connectivity index (χ1n) is 6.86. The number of carbonyl (C=O) groups is 1. The molecule has 2 N–H and O–H groups in total. The van der Waals surface area contributed by atoms with Gasteiger partial charge in [-0.1, -0.05) is 43.9 Å². The van der Waals surface area contributed by atoms with Crippen molar-refractivity contribution >= 4 is 11.6 Å². The summed E-state index contributed by atoms with van der Waals surface area (Å²) >= 11 is 0. The third kappa shape index (κ3) is 1.65. The highest BCUT2D eigenvalue weighted by molar-refractivity contribution is 6.05. The molecule has 1 unspecified atom stereocenters. The Bertz CT molecular complexity index is 463. The predicted octanol–water partition coefficient (Wildman–Crippen LogP) is 2.80. The summed E-state index contributed by atoms with van der Waals surface area (Å²) in [4.78, 5) is 12.2. The van der Waals surface area contributed by atoms with Gasteiger partial charge in [0.1, 0.15) is 0 Å². The number of amides is 1. The van der Waals surface area contributed by atoms with Crippen molar-refractivity contribution < 1.29 is 9.90 Å². The van der Waals surface area contributed by atoms with Gasteiger partial charge in [-0.25, -0.2) is 0 Å². The van der Waals surface area contributed by atoms with Crippen LogP contribution in [0.1, 0.15) is 44.1 Å². The number of hydrogen-bond donors (Lipinski definition) is 2. The molecule has 0 saturated heterocycles. The first-order valence-corrected chi connectivity index (χ1v) is 6.86. The summed E-state index contributed by atoms with van der Waals surface area (Å²) in [6, 6.07) is 7.51. The zero-order valence-corrected chi connectivity index (χ0v) is 10.5. The van der Waals surface area contributed by atoms with Gasteiger partial charge in [-0.15, -0.1) is 0 Å². The fourth-order valence-corrected chi connectivity index (χ4v) is 3.37. The molecule has 1 aromatic rings. The molecule has 96 valence electrons. The predicted molar refractivity (Wildman–Crippen MR) is 70.2 cm³/mol.